The van der Waals surface area contributed by atoms with Crippen molar-refractivity contribution in [2.75, 3.05) is 7.05 Å². The van der Waals surface area contributed by atoms with Crippen LogP contribution in [0, 0.1) is 17.7 Å². The zero-order valence-electron chi connectivity index (χ0n) is 8.77. The summed E-state index contributed by atoms with van der Waals surface area (Å²) in [5.74, 6) is 5.55. The van der Waals surface area contributed by atoms with Crippen LogP contribution in [0.25, 0.3) is 0 Å². The first kappa shape index (κ1) is 12.2. The first-order valence-corrected chi connectivity index (χ1v) is 5.50. The van der Waals surface area contributed by atoms with E-state index in [1.807, 2.05) is 13.1 Å². The molecule has 15 heavy (non-hydrogen) atoms. The predicted molar refractivity (Wildman–Crippen MR) is 64.0 cm³/mol. The molecule has 0 spiro atoms. The van der Waals surface area contributed by atoms with Crippen LogP contribution in [0.4, 0.5) is 4.39 Å². The molecule has 0 radical (unpaired) electrons. The second-order valence-electron chi connectivity index (χ2n) is 3.14. The average molecular weight is 270 g/mol. The molecule has 1 nitrogen and oxygen atoms in total. The van der Waals surface area contributed by atoms with Crippen LogP contribution in [0.3, 0.4) is 0 Å². The molecule has 1 unspecified atom stereocenters. The third-order valence-corrected chi connectivity index (χ3v) is 2.66. The minimum Gasteiger partial charge on any atom is -0.312 e. The highest BCUT2D eigenvalue weighted by atomic mass is 79.9. The van der Waals surface area contributed by atoms with Crippen molar-refractivity contribution in [1.82, 2.24) is 5.32 Å². The van der Waals surface area contributed by atoms with Gasteiger partial charge in [-0.3, -0.25) is 0 Å². The SMILES string of the molecule is CC#CCC(NC)c1ccc(Br)cc1F. The molecule has 0 heterocycles. The van der Waals surface area contributed by atoms with E-state index in [0.29, 0.717) is 12.0 Å². The molecular weight excluding hydrogens is 257 g/mol. The number of benzene rings is 1. The van der Waals surface area contributed by atoms with Gasteiger partial charge in [0.25, 0.3) is 0 Å². The van der Waals surface area contributed by atoms with E-state index in [2.05, 4.69) is 33.1 Å². The molecule has 0 aliphatic rings. The predicted octanol–water partition coefficient (Wildman–Crippen LogP) is 3.26. The van der Waals surface area contributed by atoms with Crippen LogP contribution < -0.4 is 5.32 Å². The van der Waals surface area contributed by atoms with Crippen LogP contribution >= 0.6 is 15.9 Å². The Hall–Kier alpha value is -0.850. The Balaban J connectivity index is 2.94. The lowest BCUT2D eigenvalue weighted by Gasteiger charge is -2.14. The summed E-state index contributed by atoms with van der Waals surface area (Å²) in [7, 11) is 1.81. The van der Waals surface area contributed by atoms with Gasteiger partial charge in [-0.25, -0.2) is 4.39 Å². The van der Waals surface area contributed by atoms with E-state index in [1.54, 1.807) is 13.0 Å². The van der Waals surface area contributed by atoms with Gasteiger partial charge in [-0.2, -0.15) is 0 Å². The first-order valence-electron chi connectivity index (χ1n) is 4.71. The van der Waals surface area contributed by atoms with Crippen molar-refractivity contribution in [3.05, 3.63) is 34.1 Å². The maximum Gasteiger partial charge on any atom is 0.129 e. The van der Waals surface area contributed by atoms with E-state index in [0.717, 1.165) is 4.47 Å². The van der Waals surface area contributed by atoms with Gasteiger partial charge in [-0.1, -0.05) is 22.0 Å². The first-order chi connectivity index (χ1) is 7.19. The van der Waals surface area contributed by atoms with Crippen molar-refractivity contribution < 1.29 is 4.39 Å². The van der Waals surface area contributed by atoms with E-state index in [-0.39, 0.29) is 11.9 Å². The Morgan fingerprint density at radius 2 is 2.27 bits per heavy atom. The summed E-state index contributed by atoms with van der Waals surface area (Å²) >= 11 is 3.23. The highest BCUT2D eigenvalue weighted by Crippen LogP contribution is 2.22. The topological polar surface area (TPSA) is 12.0 Å². The molecular formula is C12H13BrFN. The molecule has 1 atom stereocenters. The lowest BCUT2D eigenvalue weighted by molar-refractivity contribution is 0.543. The molecule has 0 bridgehead atoms. The van der Waals surface area contributed by atoms with Gasteiger partial charge in [0.1, 0.15) is 5.82 Å². The third-order valence-electron chi connectivity index (χ3n) is 2.17. The van der Waals surface area contributed by atoms with E-state index in [4.69, 9.17) is 0 Å². The number of halogens is 2. The fourth-order valence-corrected chi connectivity index (χ4v) is 1.69. The van der Waals surface area contributed by atoms with Crippen LogP contribution in [0.5, 0.6) is 0 Å². The highest BCUT2D eigenvalue weighted by molar-refractivity contribution is 9.10. The van der Waals surface area contributed by atoms with Crippen molar-refractivity contribution in [3.63, 3.8) is 0 Å². The molecule has 0 aliphatic heterocycles. The maximum absolute atomic E-state index is 13.6. The van der Waals surface area contributed by atoms with Gasteiger partial charge < -0.3 is 5.32 Å². The Bertz CT molecular complexity index is 392. The smallest absolute Gasteiger partial charge is 0.129 e. The van der Waals surface area contributed by atoms with E-state index in [9.17, 15) is 4.39 Å². The van der Waals surface area contributed by atoms with E-state index in [1.165, 1.54) is 6.07 Å². The van der Waals surface area contributed by atoms with E-state index >= 15 is 0 Å². The lowest BCUT2D eigenvalue weighted by atomic mass is 10.0. The summed E-state index contributed by atoms with van der Waals surface area (Å²) in [6.45, 7) is 1.78. The minimum absolute atomic E-state index is 0.0504. The molecule has 1 aromatic rings. The van der Waals surface area contributed by atoms with Gasteiger partial charge >= 0.3 is 0 Å². The molecule has 0 amide bonds. The molecule has 80 valence electrons. The molecule has 0 saturated heterocycles. The normalized spacial score (nSPS) is 11.7. The van der Waals surface area contributed by atoms with Crippen LogP contribution in [0.15, 0.2) is 22.7 Å². The second-order valence-corrected chi connectivity index (χ2v) is 4.05. The largest absolute Gasteiger partial charge is 0.312 e. The number of hydrogen-bond acceptors (Lipinski definition) is 1. The fraction of sp³-hybridized carbons (Fsp3) is 0.333. The van der Waals surface area contributed by atoms with Crippen LogP contribution in [-0.2, 0) is 0 Å². The monoisotopic (exact) mass is 269 g/mol. The third kappa shape index (κ3) is 3.33. The minimum atomic E-state index is -0.207. The summed E-state index contributed by atoms with van der Waals surface area (Å²) in [5.41, 5.74) is 0.656. The van der Waals surface area contributed by atoms with Crippen molar-refractivity contribution in [3.8, 4) is 11.8 Å². The zero-order chi connectivity index (χ0) is 11.3. The molecule has 3 heteroatoms. The summed E-state index contributed by atoms with van der Waals surface area (Å²) in [4.78, 5) is 0. The lowest BCUT2D eigenvalue weighted by Crippen LogP contribution is -2.17. The molecule has 0 saturated carbocycles. The van der Waals surface area contributed by atoms with E-state index < -0.39 is 0 Å². The summed E-state index contributed by atoms with van der Waals surface area (Å²) in [5, 5.41) is 3.06. The Kier molecular flexibility index (Phi) is 4.80. The quantitative estimate of drug-likeness (QED) is 0.831. The molecule has 1 rings (SSSR count). The average Bonchev–Trinajstić information content (AvgIpc) is 2.21. The molecule has 0 aromatic heterocycles. The van der Waals surface area contributed by atoms with Gasteiger partial charge in [0.05, 0.1) is 0 Å². The van der Waals surface area contributed by atoms with Crippen molar-refractivity contribution >= 4 is 15.9 Å². The Morgan fingerprint density at radius 1 is 1.53 bits per heavy atom. The Morgan fingerprint density at radius 3 is 2.80 bits per heavy atom. The molecule has 1 aromatic carbocycles. The summed E-state index contributed by atoms with van der Waals surface area (Å²) < 4.78 is 14.3. The summed E-state index contributed by atoms with van der Waals surface area (Å²) in [6.07, 6.45) is 0.617. The highest BCUT2D eigenvalue weighted by Gasteiger charge is 2.12. The van der Waals surface area contributed by atoms with Gasteiger partial charge in [-0.15, -0.1) is 11.8 Å². The van der Waals surface area contributed by atoms with Crippen LogP contribution in [0.2, 0.25) is 0 Å². The fourth-order valence-electron chi connectivity index (χ4n) is 1.36. The van der Waals surface area contributed by atoms with Crippen LogP contribution in [0.1, 0.15) is 24.9 Å². The van der Waals surface area contributed by atoms with Crippen molar-refractivity contribution in [2.24, 2.45) is 0 Å². The van der Waals surface area contributed by atoms with Crippen molar-refractivity contribution in [2.45, 2.75) is 19.4 Å². The maximum atomic E-state index is 13.6. The second kappa shape index (κ2) is 5.89. The molecule has 1 N–H and O–H groups in total. The van der Waals surface area contributed by atoms with Gasteiger partial charge in [0.15, 0.2) is 0 Å². The molecule has 0 fully saturated rings. The number of hydrogen-bond donors (Lipinski definition) is 1. The van der Waals surface area contributed by atoms with Gasteiger partial charge in [0, 0.05) is 22.5 Å². The zero-order valence-corrected chi connectivity index (χ0v) is 10.4. The number of rotatable bonds is 3. The summed E-state index contributed by atoms with van der Waals surface area (Å²) in [6, 6.07) is 5.03. The number of nitrogens with one attached hydrogen (secondary N) is 1. The van der Waals surface area contributed by atoms with Gasteiger partial charge in [0.2, 0.25) is 0 Å². The van der Waals surface area contributed by atoms with Crippen LogP contribution in [-0.4, -0.2) is 7.05 Å². The Labute approximate surface area is 98.2 Å². The van der Waals surface area contributed by atoms with Crippen molar-refractivity contribution in [1.29, 1.82) is 0 Å². The molecule has 0 aliphatic carbocycles. The van der Waals surface area contributed by atoms with Gasteiger partial charge in [-0.05, 0) is 26.1 Å². The standard InChI is InChI=1S/C12H13BrFN/c1-3-4-5-12(15-2)10-7-6-9(13)8-11(10)14/h6-8,12,15H,5H2,1-2H3.